The van der Waals surface area contributed by atoms with Crippen molar-refractivity contribution in [3.63, 3.8) is 0 Å². The standard InChI is InChI=1S/C13H18N4/c1-9-3-4-12(10(2)7-9)17-13-15-6-5-11(8-14)16-13/h5-6,9-10,12H,3-4,7H2,1-2H3,(H,15,16,17). The average molecular weight is 230 g/mol. The molecule has 4 nitrogen and oxygen atoms in total. The highest BCUT2D eigenvalue weighted by molar-refractivity contribution is 5.31. The van der Waals surface area contributed by atoms with E-state index < -0.39 is 0 Å². The summed E-state index contributed by atoms with van der Waals surface area (Å²) in [6.07, 6.45) is 5.28. The van der Waals surface area contributed by atoms with E-state index in [9.17, 15) is 0 Å². The van der Waals surface area contributed by atoms with Gasteiger partial charge in [0.2, 0.25) is 5.95 Å². The molecule has 1 aliphatic rings. The topological polar surface area (TPSA) is 61.6 Å². The highest BCUT2D eigenvalue weighted by Crippen LogP contribution is 2.30. The van der Waals surface area contributed by atoms with Crippen LogP contribution in [-0.4, -0.2) is 16.0 Å². The van der Waals surface area contributed by atoms with Gasteiger partial charge in [0.05, 0.1) is 0 Å². The molecule has 1 heterocycles. The molecule has 17 heavy (non-hydrogen) atoms. The largest absolute Gasteiger partial charge is 0.351 e. The van der Waals surface area contributed by atoms with E-state index in [1.165, 1.54) is 12.8 Å². The van der Waals surface area contributed by atoms with Crippen molar-refractivity contribution in [3.05, 3.63) is 18.0 Å². The molecule has 1 aromatic heterocycles. The van der Waals surface area contributed by atoms with Crippen LogP contribution in [0.3, 0.4) is 0 Å². The molecule has 0 amide bonds. The summed E-state index contributed by atoms with van der Waals surface area (Å²) in [5, 5.41) is 12.1. The molecular formula is C13H18N4. The lowest BCUT2D eigenvalue weighted by Crippen LogP contribution is -2.33. The molecule has 1 N–H and O–H groups in total. The Morgan fingerprint density at radius 2 is 2.24 bits per heavy atom. The normalized spacial score (nSPS) is 28.4. The van der Waals surface area contributed by atoms with E-state index in [0.717, 1.165) is 12.3 Å². The Hall–Kier alpha value is -1.63. The Morgan fingerprint density at radius 3 is 2.94 bits per heavy atom. The number of hydrogen-bond acceptors (Lipinski definition) is 4. The molecule has 0 aliphatic heterocycles. The maximum atomic E-state index is 8.79. The van der Waals surface area contributed by atoms with E-state index >= 15 is 0 Å². The van der Waals surface area contributed by atoms with Crippen LogP contribution >= 0.6 is 0 Å². The summed E-state index contributed by atoms with van der Waals surface area (Å²) in [6.45, 7) is 4.57. The minimum Gasteiger partial charge on any atom is -0.351 e. The fraction of sp³-hybridized carbons (Fsp3) is 0.615. The third kappa shape index (κ3) is 2.94. The summed E-state index contributed by atoms with van der Waals surface area (Å²) < 4.78 is 0. The van der Waals surface area contributed by atoms with Crippen molar-refractivity contribution in [1.82, 2.24) is 9.97 Å². The second kappa shape index (κ2) is 5.13. The number of nitrogens with zero attached hydrogens (tertiary/aromatic N) is 3. The number of hydrogen-bond donors (Lipinski definition) is 1. The maximum Gasteiger partial charge on any atom is 0.224 e. The maximum absolute atomic E-state index is 8.79. The number of nitrogens with one attached hydrogen (secondary N) is 1. The SMILES string of the molecule is CC1CCC(Nc2nccc(C#N)n2)C(C)C1. The van der Waals surface area contributed by atoms with Crippen molar-refractivity contribution in [2.45, 2.75) is 39.2 Å². The Morgan fingerprint density at radius 1 is 1.41 bits per heavy atom. The molecule has 0 aromatic carbocycles. The molecule has 1 aliphatic carbocycles. The van der Waals surface area contributed by atoms with Crippen molar-refractivity contribution in [2.75, 3.05) is 5.32 Å². The lowest BCUT2D eigenvalue weighted by Gasteiger charge is -2.33. The monoisotopic (exact) mass is 230 g/mol. The molecule has 90 valence electrons. The van der Waals surface area contributed by atoms with Gasteiger partial charge >= 0.3 is 0 Å². The highest BCUT2D eigenvalue weighted by atomic mass is 15.1. The van der Waals surface area contributed by atoms with Gasteiger partial charge in [-0.3, -0.25) is 0 Å². The van der Waals surface area contributed by atoms with Gasteiger partial charge in [0, 0.05) is 12.2 Å². The molecular weight excluding hydrogens is 212 g/mol. The molecule has 0 spiro atoms. The second-order valence-electron chi connectivity index (χ2n) is 5.02. The van der Waals surface area contributed by atoms with Crippen LogP contribution in [0.1, 0.15) is 38.8 Å². The van der Waals surface area contributed by atoms with Crippen LogP contribution in [0.25, 0.3) is 0 Å². The molecule has 2 rings (SSSR count). The lowest BCUT2D eigenvalue weighted by molar-refractivity contribution is 0.276. The minimum absolute atomic E-state index is 0.416. The number of nitriles is 1. The van der Waals surface area contributed by atoms with Crippen molar-refractivity contribution in [2.24, 2.45) is 11.8 Å². The molecule has 3 atom stereocenters. The minimum atomic E-state index is 0.416. The first-order valence-electron chi connectivity index (χ1n) is 6.18. The summed E-state index contributed by atoms with van der Waals surface area (Å²) in [6, 6.07) is 4.09. The van der Waals surface area contributed by atoms with E-state index in [0.29, 0.717) is 23.6 Å². The van der Waals surface area contributed by atoms with Gasteiger partial charge in [0.25, 0.3) is 0 Å². The number of anilines is 1. The van der Waals surface area contributed by atoms with Gasteiger partial charge in [-0.25, -0.2) is 9.97 Å². The Bertz CT molecular complexity index is 424. The molecule has 4 heteroatoms. The van der Waals surface area contributed by atoms with Crippen LogP contribution in [0.5, 0.6) is 0 Å². The van der Waals surface area contributed by atoms with E-state index in [1.54, 1.807) is 12.3 Å². The second-order valence-corrected chi connectivity index (χ2v) is 5.02. The van der Waals surface area contributed by atoms with Gasteiger partial charge in [-0.1, -0.05) is 13.8 Å². The fourth-order valence-corrected chi connectivity index (χ4v) is 2.54. The molecule has 1 aromatic rings. The van der Waals surface area contributed by atoms with Crippen LogP contribution < -0.4 is 5.32 Å². The van der Waals surface area contributed by atoms with Crippen molar-refractivity contribution < 1.29 is 0 Å². The third-order valence-corrected chi connectivity index (χ3v) is 3.52. The summed E-state index contributed by atoms with van der Waals surface area (Å²) >= 11 is 0. The lowest BCUT2D eigenvalue weighted by atomic mass is 9.80. The summed E-state index contributed by atoms with van der Waals surface area (Å²) in [5.74, 6) is 2.03. The average Bonchev–Trinajstić information content (AvgIpc) is 2.33. The van der Waals surface area contributed by atoms with Gasteiger partial charge < -0.3 is 5.32 Å². The van der Waals surface area contributed by atoms with Gasteiger partial charge in [0.1, 0.15) is 11.8 Å². The first-order valence-corrected chi connectivity index (χ1v) is 6.18. The van der Waals surface area contributed by atoms with E-state index in [-0.39, 0.29) is 0 Å². The van der Waals surface area contributed by atoms with Crippen LogP contribution in [0.15, 0.2) is 12.3 Å². The zero-order valence-corrected chi connectivity index (χ0v) is 10.3. The molecule has 3 unspecified atom stereocenters. The van der Waals surface area contributed by atoms with E-state index in [2.05, 4.69) is 29.1 Å². The van der Waals surface area contributed by atoms with Gasteiger partial charge in [-0.05, 0) is 37.2 Å². The molecule has 1 saturated carbocycles. The Labute approximate surface area is 102 Å². The van der Waals surface area contributed by atoms with Gasteiger partial charge in [-0.2, -0.15) is 5.26 Å². The Balaban J connectivity index is 2.03. The molecule has 0 saturated heterocycles. The smallest absolute Gasteiger partial charge is 0.224 e. The van der Waals surface area contributed by atoms with Crippen LogP contribution in [-0.2, 0) is 0 Å². The van der Waals surface area contributed by atoms with E-state index in [1.807, 2.05) is 6.07 Å². The third-order valence-electron chi connectivity index (χ3n) is 3.52. The number of aromatic nitrogens is 2. The fourth-order valence-electron chi connectivity index (χ4n) is 2.54. The Kier molecular flexibility index (Phi) is 3.58. The van der Waals surface area contributed by atoms with Crippen LogP contribution in [0.2, 0.25) is 0 Å². The quantitative estimate of drug-likeness (QED) is 0.848. The summed E-state index contributed by atoms with van der Waals surface area (Å²) in [7, 11) is 0. The van der Waals surface area contributed by atoms with Crippen LogP contribution in [0.4, 0.5) is 5.95 Å². The number of rotatable bonds is 2. The zero-order chi connectivity index (χ0) is 12.3. The summed E-state index contributed by atoms with van der Waals surface area (Å²) in [5.41, 5.74) is 0.416. The van der Waals surface area contributed by atoms with Crippen LogP contribution in [0, 0.1) is 23.2 Å². The van der Waals surface area contributed by atoms with Gasteiger partial charge in [0.15, 0.2) is 0 Å². The van der Waals surface area contributed by atoms with Crippen molar-refractivity contribution in [3.8, 4) is 6.07 Å². The van der Waals surface area contributed by atoms with Crippen molar-refractivity contribution >= 4 is 5.95 Å². The molecule has 0 bridgehead atoms. The highest BCUT2D eigenvalue weighted by Gasteiger charge is 2.25. The van der Waals surface area contributed by atoms with Gasteiger partial charge in [-0.15, -0.1) is 0 Å². The zero-order valence-electron chi connectivity index (χ0n) is 10.3. The summed E-state index contributed by atoms with van der Waals surface area (Å²) in [4.78, 5) is 8.32. The first-order chi connectivity index (χ1) is 8.19. The predicted molar refractivity (Wildman–Crippen MR) is 66.3 cm³/mol. The van der Waals surface area contributed by atoms with Crippen molar-refractivity contribution in [1.29, 1.82) is 5.26 Å². The molecule has 1 fully saturated rings. The van der Waals surface area contributed by atoms with E-state index in [4.69, 9.17) is 5.26 Å². The first kappa shape index (κ1) is 11.8. The molecule has 0 radical (unpaired) electrons. The predicted octanol–water partition coefficient (Wildman–Crippen LogP) is 2.58.